The van der Waals surface area contributed by atoms with Crippen molar-refractivity contribution < 1.29 is 13.6 Å². The van der Waals surface area contributed by atoms with Crippen LogP contribution in [0.1, 0.15) is 5.82 Å². The largest absolute Gasteiger partial charge is 0.339 e. The Balaban J connectivity index is 1.79. The van der Waals surface area contributed by atoms with E-state index in [1.165, 1.54) is 29.2 Å². The summed E-state index contributed by atoms with van der Waals surface area (Å²) < 4.78 is 28.7. The molecule has 0 unspecified atom stereocenters. The topological polar surface area (TPSA) is 76.2 Å². The molecule has 0 atom stereocenters. The number of rotatable bonds is 4. The summed E-state index contributed by atoms with van der Waals surface area (Å²) in [6, 6.07) is 10.2. The number of fused-ring (bicyclic) bond motifs is 1. The molecule has 2 heterocycles. The molecule has 1 aliphatic rings. The van der Waals surface area contributed by atoms with Gasteiger partial charge in [0.15, 0.2) is 0 Å². The van der Waals surface area contributed by atoms with E-state index in [9.17, 15) is 13.6 Å². The van der Waals surface area contributed by atoms with Gasteiger partial charge in [-0.2, -0.15) is 0 Å². The first kappa shape index (κ1) is 19.1. The molecule has 3 N–H and O–H groups in total. The number of nitrogens with one attached hydrogen (secondary N) is 1. The van der Waals surface area contributed by atoms with Crippen LogP contribution in [0, 0.1) is 11.6 Å². The smallest absolute Gasteiger partial charge is 0.240 e. The molecule has 3 aromatic rings. The number of hydrogen-bond acceptors (Lipinski definition) is 4. The van der Waals surface area contributed by atoms with Crippen LogP contribution < -0.4 is 11.1 Å². The summed E-state index contributed by atoms with van der Waals surface area (Å²) in [7, 11) is 0. The zero-order chi connectivity index (χ0) is 20.5. The summed E-state index contributed by atoms with van der Waals surface area (Å²) in [4.78, 5) is 18.0. The molecule has 1 aliphatic heterocycles. The molecule has 1 aromatic heterocycles. The number of amides is 1. The lowest BCUT2D eigenvalue weighted by molar-refractivity contribution is -0.127. The minimum absolute atomic E-state index is 0.0213. The van der Waals surface area contributed by atoms with Crippen LogP contribution in [-0.2, 0) is 11.3 Å². The van der Waals surface area contributed by atoms with Crippen LogP contribution in [-0.4, -0.2) is 26.9 Å². The fraction of sp³-hybridized carbons (Fsp3) is 0.100. The molecule has 148 valence electrons. The zero-order valence-corrected chi connectivity index (χ0v) is 15.8. The van der Waals surface area contributed by atoms with Gasteiger partial charge in [0.25, 0.3) is 0 Å². The normalized spacial score (nSPS) is 12.8. The third-order valence-electron chi connectivity index (χ3n) is 4.49. The van der Waals surface area contributed by atoms with E-state index in [1.807, 2.05) is 0 Å². The number of benzene rings is 2. The van der Waals surface area contributed by atoms with Crippen molar-refractivity contribution in [1.29, 1.82) is 0 Å². The van der Waals surface area contributed by atoms with Gasteiger partial charge in [-0.15, -0.1) is 0 Å². The molecular weight excluding hydrogens is 400 g/mol. The molecule has 6 nitrogen and oxygen atoms in total. The monoisotopic (exact) mass is 415 g/mol. The standard InChI is InChI=1S/C20H16ClF2N5O/c21-15-9-14(5-6-16(15)23)25-20-19(12-1-3-13(22)4-2-12)26-17-11-27(18(29)10-24)7-8-28(17)20/h1-9,25H,10-11,24H2. The van der Waals surface area contributed by atoms with E-state index in [-0.39, 0.29) is 29.8 Å². The van der Waals surface area contributed by atoms with Crippen molar-refractivity contribution in [1.82, 2.24) is 14.5 Å². The molecule has 0 aliphatic carbocycles. The summed E-state index contributed by atoms with van der Waals surface area (Å²) in [6.07, 6.45) is 3.29. The van der Waals surface area contributed by atoms with Crippen LogP contribution in [0.2, 0.25) is 5.02 Å². The fourth-order valence-corrected chi connectivity index (χ4v) is 3.21. The first-order valence-corrected chi connectivity index (χ1v) is 9.11. The molecule has 0 spiro atoms. The zero-order valence-electron chi connectivity index (χ0n) is 15.1. The van der Waals surface area contributed by atoms with E-state index in [0.29, 0.717) is 28.6 Å². The molecule has 0 radical (unpaired) electrons. The van der Waals surface area contributed by atoms with Crippen LogP contribution in [0.25, 0.3) is 17.5 Å². The van der Waals surface area contributed by atoms with Crippen LogP contribution in [0.5, 0.6) is 0 Å². The van der Waals surface area contributed by atoms with Crippen molar-refractivity contribution in [2.75, 3.05) is 11.9 Å². The van der Waals surface area contributed by atoms with E-state index >= 15 is 0 Å². The van der Waals surface area contributed by atoms with Gasteiger partial charge in [-0.25, -0.2) is 13.8 Å². The Kier molecular flexibility index (Phi) is 5.04. The second-order valence-corrected chi connectivity index (χ2v) is 6.79. The van der Waals surface area contributed by atoms with Gasteiger partial charge >= 0.3 is 0 Å². The minimum Gasteiger partial charge on any atom is -0.339 e. The van der Waals surface area contributed by atoms with E-state index < -0.39 is 5.82 Å². The van der Waals surface area contributed by atoms with E-state index in [0.717, 1.165) is 0 Å². The van der Waals surface area contributed by atoms with E-state index in [1.54, 1.807) is 35.2 Å². The van der Waals surface area contributed by atoms with Gasteiger partial charge in [-0.3, -0.25) is 9.36 Å². The van der Waals surface area contributed by atoms with Crippen LogP contribution in [0.3, 0.4) is 0 Å². The number of carbonyl (C=O) groups is 1. The Morgan fingerprint density at radius 2 is 1.93 bits per heavy atom. The number of halogens is 3. The maximum absolute atomic E-state index is 13.5. The van der Waals surface area contributed by atoms with Gasteiger partial charge in [0, 0.05) is 23.7 Å². The van der Waals surface area contributed by atoms with E-state index in [2.05, 4.69) is 10.3 Å². The minimum atomic E-state index is -0.526. The Morgan fingerprint density at radius 3 is 2.62 bits per heavy atom. The van der Waals surface area contributed by atoms with Crippen molar-refractivity contribution in [3.05, 3.63) is 71.1 Å². The average molecular weight is 416 g/mol. The van der Waals surface area contributed by atoms with Crippen molar-refractivity contribution in [2.45, 2.75) is 6.54 Å². The number of hydrogen-bond donors (Lipinski definition) is 2. The molecule has 0 saturated carbocycles. The lowest BCUT2D eigenvalue weighted by atomic mass is 10.1. The number of nitrogens with zero attached hydrogens (tertiary/aromatic N) is 3. The molecule has 0 fully saturated rings. The second kappa shape index (κ2) is 7.65. The van der Waals surface area contributed by atoms with Crippen molar-refractivity contribution in [3.8, 4) is 11.3 Å². The lowest BCUT2D eigenvalue weighted by Crippen LogP contribution is -2.33. The third-order valence-corrected chi connectivity index (χ3v) is 4.78. The lowest BCUT2D eigenvalue weighted by Gasteiger charge is -2.22. The van der Waals surface area contributed by atoms with Crippen molar-refractivity contribution in [2.24, 2.45) is 5.73 Å². The predicted molar refractivity (Wildman–Crippen MR) is 107 cm³/mol. The maximum atomic E-state index is 13.5. The quantitative estimate of drug-likeness (QED) is 0.676. The van der Waals surface area contributed by atoms with Gasteiger partial charge in [-0.1, -0.05) is 11.6 Å². The molecule has 0 saturated heterocycles. The van der Waals surface area contributed by atoms with Gasteiger partial charge in [0.2, 0.25) is 5.91 Å². The summed E-state index contributed by atoms with van der Waals surface area (Å²) in [6.45, 7) is 0.113. The maximum Gasteiger partial charge on any atom is 0.240 e. The van der Waals surface area contributed by atoms with Crippen LogP contribution >= 0.6 is 11.6 Å². The third kappa shape index (κ3) is 3.72. The molecular formula is C20H16ClF2N5O. The number of anilines is 2. The fourth-order valence-electron chi connectivity index (χ4n) is 3.03. The molecule has 29 heavy (non-hydrogen) atoms. The van der Waals surface area contributed by atoms with Gasteiger partial charge in [-0.05, 0) is 42.5 Å². The SMILES string of the molecule is NCC(=O)N1C=Cn2c(nc(-c3ccc(F)cc3)c2Nc2ccc(F)c(Cl)c2)C1. The van der Waals surface area contributed by atoms with Crippen molar-refractivity contribution >= 4 is 35.2 Å². The number of imidazole rings is 1. The first-order valence-electron chi connectivity index (χ1n) is 8.73. The molecule has 9 heteroatoms. The summed E-state index contributed by atoms with van der Waals surface area (Å²) in [5, 5.41) is 3.17. The van der Waals surface area contributed by atoms with Gasteiger partial charge < -0.3 is 16.0 Å². The summed E-state index contributed by atoms with van der Waals surface area (Å²) >= 11 is 5.89. The Labute approximate surface area is 170 Å². The Morgan fingerprint density at radius 1 is 1.17 bits per heavy atom. The Bertz CT molecular complexity index is 1110. The van der Waals surface area contributed by atoms with Crippen LogP contribution in [0.15, 0.2) is 48.7 Å². The van der Waals surface area contributed by atoms with Gasteiger partial charge in [0.05, 0.1) is 18.1 Å². The molecule has 1 amide bonds. The highest BCUT2D eigenvalue weighted by atomic mass is 35.5. The van der Waals surface area contributed by atoms with E-state index in [4.69, 9.17) is 17.3 Å². The highest BCUT2D eigenvalue weighted by Crippen LogP contribution is 2.34. The Hall–Kier alpha value is -3.23. The van der Waals surface area contributed by atoms with Crippen molar-refractivity contribution in [3.63, 3.8) is 0 Å². The van der Waals surface area contributed by atoms with Gasteiger partial charge in [0.1, 0.15) is 29.0 Å². The average Bonchev–Trinajstić information content (AvgIpc) is 3.08. The van der Waals surface area contributed by atoms with Crippen LogP contribution in [0.4, 0.5) is 20.3 Å². The molecule has 2 aromatic carbocycles. The summed E-state index contributed by atoms with van der Waals surface area (Å²) in [5.41, 5.74) is 7.22. The highest BCUT2D eigenvalue weighted by molar-refractivity contribution is 6.31. The second-order valence-electron chi connectivity index (χ2n) is 6.38. The number of nitrogens with two attached hydrogens (primary N) is 1. The first-order chi connectivity index (χ1) is 14.0. The molecule has 4 rings (SSSR count). The summed E-state index contributed by atoms with van der Waals surface area (Å²) in [5.74, 6) is 0.0349. The predicted octanol–water partition coefficient (Wildman–Crippen LogP) is 3.95. The highest BCUT2D eigenvalue weighted by Gasteiger charge is 2.24. The number of aromatic nitrogens is 2. The molecule has 0 bridgehead atoms. The number of carbonyl (C=O) groups excluding carboxylic acids is 1.